The molecular formula is C12H11BrN2O3. The number of nitrogens with one attached hydrogen (secondary N) is 1. The van der Waals surface area contributed by atoms with E-state index >= 15 is 0 Å². The number of aromatic nitrogens is 2. The minimum Gasteiger partial charge on any atom is -0.496 e. The highest BCUT2D eigenvalue weighted by atomic mass is 79.9. The molecule has 0 radical (unpaired) electrons. The largest absolute Gasteiger partial charge is 0.496 e. The summed E-state index contributed by atoms with van der Waals surface area (Å²) in [4.78, 5) is 17.7. The van der Waals surface area contributed by atoms with Gasteiger partial charge in [-0.1, -0.05) is 0 Å². The molecule has 6 heteroatoms. The van der Waals surface area contributed by atoms with E-state index in [1.807, 2.05) is 12.1 Å². The highest BCUT2D eigenvalue weighted by Crippen LogP contribution is 2.30. The van der Waals surface area contributed by atoms with Gasteiger partial charge in [-0.15, -0.1) is 0 Å². The van der Waals surface area contributed by atoms with E-state index < -0.39 is 5.97 Å². The van der Waals surface area contributed by atoms with Crippen molar-refractivity contribution in [2.75, 3.05) is 7.11 Å². The first kappa shape index (κ1) is 12.6. The number of hydrogen-bond acceptors (Lipinski definition) is 3. The molecule has 5 nitrogen and oxygen atoms in total. The van der Waals surface area contributed by atoms with Crippen molar-refractivity contribution < 1.29 is 14.6 Å². The number of carboxylic acid groups (broad SMARTS) is 1. The zero-order chi connectivity index (χ0) is 13.1. The summed E-state index contributed by atoms with van der Waals surface area (Å²) in [6.45, 7) is 0. The molecule has 0 unspecified atom stereocenters. The number of aliphatic carboxylic acids is 1. The van der Waals surface area contributed by atoms with Crippen molar-refractivity contribution in [1.29, 1.82) is 0 Å². The van der Waals surface area contributed by atoms with Crippen molar-refractivity contribution in [3.05, 3.63) is 34.7 Å². The van der Waals surface area contributed by atoms with Crippen molar-refractivity contribution >= 4 is 21.9 Å². The molecule has 0 saturated heterocycles. The monoisotopic (exact) mass is 310 g/mol. The van der Waals surface area contributed by atoms with Crippen LogP contribution < -0.4 is 4.74 Å². The third kappa shape index (κ3) is 2.53. The van der Waals surface area contributed by atoms with Crippen LogP contribution in [0, 0.1) is 0 Å². The van der Waals surface area contributed by atoms with Gasteiger partial charge in [-0.25, -0.2) is 4.98 Å². The first-order chi connectivity index (χ1) is 8.61. The number of imidazole rings is 1. The van der Waals surface area contributed by atoms with E-state index in [0.29, 0.717) is 17.1 Å². The number of benzene rings is 1. The summed E-state index contributed by atoms with van der Waals surface area (Å²) in [6, 6.07) is 5.49. The van der Waals surface area contributed by atoms with E-state index in [2.05, 4.69) is 25.9 Å². The summed E-state index contributed by atoms with van der Waals surface area (Å²) >= 11 is 3.39. The van der Waals surface area contributed by atoms with Crippen LogP contribution in [0.25, 0.3) is 11.3 Å². The van der Waals surface area contributed by atoms with Gasteiger partial charge < -0.3 is 14.8 Å². The Morgan fingerprint density at radius 3 is 2.94 bits per heavy atom. The third-order valence-corrected chi connectivity index (χ3v) is 3.09. The summed E-state index contributed by atoms with van der Waals surface area (Å²) < 4.78 is 5.94. The van der Waals surface area contributed by atoms with Crippen molar-refractivity contribution in [3.63, 3.8) is 0 Å². The summed E-state index contributed by atoms with van der Waals surface area (Å²) in [5.41, 5.74) is 2.06. The average Bonchev–Trinajstić information content (AvgIpc) is 2.76. The first-order valence-electron chi connectivity index (χ1n) is 5.19. The summed E-state index contributed by atoms with van der Waals surface area (Å²) in [7, 11) is 1.59. The highest BCUT2D eigenvalue weighted by molar-refractivity contribution is 9.10. The predicted octanol–water partition coefficient (Wildman–Crippen LogP) is 2.47. The van der Waals surface area contributed by atoms with Crippen LogP contribution in [0.15, 0.2) is 29.0 Å². The molecule has 0 aliphatic heterocycles. The maximum absolute atomic E-state index is 10.7. The number of halogens is 1. The smallest absolute Gasteiger partial charge is 0.309 e. The minimum atomic E-state index is -0.895. The standard InChI is InChI=1S/C12H11BrN2O3/c1-18-10-3-2-7(4-8(10)13)12-9(5-11(16)17)14-6-15-12/h2-4,6H,5H2,1H3,(H,14,15)(H,16,17). The van der Waals surface area contributed by atoms with Crippen molar-refractivity contribution in [2.24, 2.45) is 0 Å². The Kier molecular flexibility index (Phi) is 3.66. The lowest BCUT2D eigenvalue weighted by Crippen LogP contribution is -2.01. The second-order valence-corrected chi connectivity index (χ2v) is 4.50. The Labute approximate surface area is 112 Å². The van der Waals surface area contributed by atoms with Gasteiger partial charge in [0.2, 0.25) is 0 Å². The number of carboxylic acids is 1. The van der Waals surface area contributed by atoms with Crippen LogP contribution in [0.1, 0.15) is 5.69 Å². The molecule has 0 aliphatic carbocycles. The predicted molar refractivity (Wildman–Crippen MR) is 69.6 cm³/mol. The van der Waals surface area contributed by atoms with E-state index in [1.165, 1.54) is 6.33 Å². The van der Waals surface area contributed by atoms with Crippen molar-refractivity contribution in [3.8, 4) is 17.0 Å². The highest BCUT2D eigenvalue weighted by Gasteiger charge is 2.12. The second kappa shape index (κ2) is 5.22. The summed E-state index contributed by atoms with van der Waals surface area (Å²) in [6.07, 6.45) is 1.41. The number of carbonyl (C=O) groups is 1. The van der Waals surface area contributed by atoms with Gasteiger partial charge in [0.25, 0.3) is 0 Å². The zero-order valence-corrected chi connectivity index (χ0v) is 11.2. The van der Waals surface area contributed by atoms with E-state index in [4.69, 9.17) is 9.84 Å². The van der Waals surface area contributed by atoms with Gasteiger partial charge in [-0.3, -0.25) is 4.79 Å². The topological polar surface area (TPSA) is 75.2 Å². The molecule has 1 aromatic carbocycles. The lowest BCUT2D eigenvalue weighted by atomic mass is 10.1. The van der Waals surface area contributed by atoms with E-state index in [9.17, 15) is 4.79 Å². The fraction of sp³-hybridized carbons (Fsp3) is 0.167. The van der Waals surface area contributed by atoms with Crippen LogP contribution in [0.5, 0.6) is 5.75 Å². The van der Waals surface area contributed by atoms with Crippen LogP contribution >= 0.6 is 15.9 Å². The number of methoxy groups -OCH3 is 1. The Morgan fingerprint density at radius 1 is 1.56 bits per heavy atom. The molecule has 0 spiro atoms. The molecule has 0 fully saturated rings. The van der Waals surface area contributed by atoms with Gasteiger partial charge in [0.15, 0.2) is 0 Å². The Hall–Kier alpha value is -1.82. The van der Waals surface area contributed by atoms with Gasteiger partial charge in [0, 0.05) is 5.56 Å². The lowest BCUT2D eigenvalue weighted by molar-refractivity contribution is -0.136. The van der Waals surface area contributed by atoms with Crippen LogP contribution in [0.4, 0.5) is 0 Å². The normalized spacial score (nSPS) is 10.3. The van der Waals surface area contributed by atoms with Gasteiger partial charge >= 0.3 is 5.97 Å². The van der Waals surface area contributed by atoms with Crippen LogP contribution in [0.2, 0.25) is 0 Å². The molecule has 0 aliphatic rings. The molecule has 0 atom stereocenters. The Balaban J connectivity index is 2.40. The molecule has 2 rings (SSSR count). The van der Waals surface area contributed by atoms with Gasteiger partial charge in [0.1, 0.15) is 5.75 Å². The number of ether oxygens (including phenoxy) is 1. The number of H-pyrrole nitrogens is 1. The number of nitrogens with zero attached hydrogens (tertiary/aromatic N) is 1. The molecule has 0 saturated carbocycles. The molecule has 2 N–H and O–H groups in total. The van der Waals surface area contributed by atoms with Crippen LogP contribution in [0.3, 0.4) is 0 Å². The lowest BCUT2D eigenvalue weighted by Gasteiger charge is -2.06. The fourth-order valence-corrected chi connectivity index (χ4v) is 2.21. The van der Waals surface area contributed by atoms with Crippen molar-refractivity contribution in [2.45, 2.75) is 6.42 Å². The minimum absolute atomic E-state index is 0.0843. The molecule has 0 bridgehead atoms. The maximum atomic E-state index is 10.7. The van der Waals surface area contributed by atoms with E-state index in [0.717, 1.165) is 10.0 Å². The number of aromatic amines is 1. The Bertz CT molecular complexity index is 580. The number of rotatable bonds is 4. The van der Waals surface area contributed by atoms with Crippen LogP contribution in [-0.2, 0) is 11.2 Å². The molecule has 1 heterocycles. The van der Waals surface area contributed by atoms with E-state index in [1.54, 1.807) is 13.2 Å². The van der Waals surface area contributed by atoms with Gasteiger partial charge in [-0.2, -0.15) is 0 Å². The molecule has 18 heavy (non-hydrogen) atoms. The average molecular weight is 311 g/mol. The van der Waals surface area contributed by atoms with Crippen LogP contribution in [-0.4, -0.2) is 28.2 Å². The molecule has 0 amide bonds. The number of hydrogen-bond donors (Lipinski definition) is 2. The van der Waals surface area contributed by atoms with Gasteiger partial charge in [0.05, 0.1) is 35.7 Å². The molecule has 2 aromatic rings. The molecule has 94 valence electrons. The molecular weight excluding hydrogens is 300 g/mol. The van der Waals surface area contributed by atoms with E-state index in [-0.39, 0.29) is 6.42 Å². The third-order valence-electron chi connectivity index (χ3n) is 2.47. The zero-order valence-electron chi connectivity index (χ0n) is 9.61. The van der Waals surface area contributed by atoms with Crippen molar-refractivity contribution in [1.82, 2.24) is 9.97 Å². The summed E-state index contributed by atoms with van der Waals surface area (Å²) in [5.74, 6) is -0.179. The molecule has 1 aromatic heterocycles. The van der Waals surface area contributed by atoms with Gasteiger partial charge in [-0.05, 0) is 34.1 Å². The second-order valence-electron chi connectivity index (χ2n) is 3.65. The Morgan fingerprint density at radius 2 is 2.33 bits per heavy atom. The maximum Gasteiger partial charge on any atom is 0.309 e. The quantitative estimate of drug-likeness (QED) is 0.909. The first-order valence-corrected chi connectivity index (χ1v) is 5.99. The fourth-order valence-electron chi connectivity index (χ4n) is 1.67. The summed E-state index contributed by atoms with van der Waals surface area (Å²) in [5, 5.41) is 8.82. The SMILES string of the molecule is COc1ccc(-c2nc[nH]c2CC(=O)O)cc1Br.